The van der Waals surface area contributed by atoms with Gasteiger partial charge in [0.15, 0.2) is 0 Å². The van der Waals surface area contributed by atoms with Crippen LogP contribution >= 0.6 is 0 Å². The van der Waals surface area contributed by atoms with Crippen molar-refractivity contribution in [2.24, 2.45) is 5.92 Å². The molecule has 1 N–H and O–H groups in total. The van der Waals surface area contributed by atoms with E-state index in [9.17, 15) is 5.11 Å². The van der Waals surface area contributed by atoms with E-state index in [4.69, 9.17) is 6.42 Å². The number of hydrogen-bond acceptors (Lipinski definition) is 1. The minimum atomic E-state index is -0.450. The lowest BCUT2D eigenvalue weighted by molar-refractivity contribution is 0.0168. The van der Waals surface area contributed by atoms with E-state index in [1.54, 1.807) is 0 Å². The summed E-state index contributed by atoms with van der Waals surface area (Å²) in [5.41, 5.74) is -0.450. The zero-order valence-corrected chi connectivity index (χ0v) is 9.97. The Kier molecular flexibility index (Phi) is 5.19. The second kappa shape index (κ2) is 6.18. The van der Waals surface area contributed by atoms with Crippen LogP contribution in [0.4, 0.5) is 0 Å². The molecule has 1 nitrogen and oxygen atoms in total. The van der Waals surface area contributed by atoms with Gasteiger partial charge < -0.3 is 5.11 Å². The van der Waals surface area contributed by atoms with Crippen molar-refractivity contribution in [1.82, 2.24) is 0 Å². The van der Waals surface area contributed by atoms with E-state index in [1.807, 2.05) is 0 Å². The predicted molar refractivity (Wildman–Crippen MR) is 64.5 cm³/mol. The largest absolute Gasteiger partial charge is 0.390 e. The van der Waals surface area contributed by atoms with Gasteiger partial charge in [-0.15, -0.1) is 12.3 Å². The Bertz CT molecular complexity index is 216. The highest BCUT2D eigenvalue weighted by molar-refractivity contribution is 4.90. The Hall–Kier alpha value is -0.480. The summed E-state index contributed by atoms with van der Waals surface area (Å²) in [6.07, 6.45) is 14.9. The van der Waals surface area contributed by atoms with Gasteiger partial charge in [0.1, 0.15) is 0 Å². The van der Waals surface area contributed by atoms with Crippen molar-refractivity contribution in [2.75, 3.05) is 0 Å². The molecule has 0 bridgehead atoms. The zero-order chi connectivity index (χ0) is 11.1. The summed E-state index contributed by atoms with van der Waals surface area (Å²) in [6.45, 7) is 2.25. The number of aliphatic hydroxyl groups is 1. The Morgan fingerprint density at radius 3 is 2.87 bits per heavy atom. The minimum absolute atomic E-state index is 0.450. The second-order valence-corrected chi connectivity index (χ2v) is 5.01. The van der Waals surface area contributed by atoms with Crippen LogP contribution in [0.1, 0.15) is 64.7 Å². The molecule has 0 aromatic heterocycles. The second-order valence-electron chi connectivity index (χ2n) is 5.01. The maximum atomic E-state index is 10.4. The van der Waals surface area contributed by atoms with Crippen molar-refractivity contribution < 1.29 is 5.11 Å². The molecule has 86 valence electrons. The summed E-state index contributed by atoms with van der Waals surface area (Å²) in [6, 6.07) is 0. The third-order valence-corrected chi connectivity index (χ3v) is 3.70. The van der Waals surface area contributed by atoms with Crippen LogP contribution in [-0.4, -0.2) is 10.7 Å². The molecule has 0 amide bonds. The van der Waals surface area contributed by atoms with Gasteiger partial charge in [0, 0.05) is 6.42 Å². The Balaban J connectivity index is 2.40. The molecule has 1 saturated carbocycles. The van der Waals surface area contributed by atoms with Crippen molar-refractivity contribution in [3.05, 3.63) is 0 Å². The highest BCUT2D eigenvalue weighted by atomic mass is 16.3. The van der Waals surface area contributed by atoms with Crippen LogP contribution in [0.2, 0.25) is 0 Å². The fourth-order valence-corrected chi connectivity index (χ4v) is 2.71. The molecular weight excluding hydrogens is 184 g/mol. The first kappa shape index (κ1) is 12.6. The van der Waals surface area contributed by atoms with Gasteiger partial charge in [0.25, 0.3) is 0 Å². The van der Waals surface area contributed by atoms with E-state index in [0.717, 1.165) is 31.6 Å². The van der Waals surface area contributed by atoms with Gasteiger partial charge in [-0.25, -0.2) is 0 Å². The summed E-state index contributed by atoms with van der Waals surface area (Å²) in [4.78, 5) is 0. The molecular formula is C14H24O. The molecule has 1 rings (SSSR count). The number of rotatable bonds is 4. The van der Waals surface area contributed by atoms with Crippen LogP contribution in [0.25, 0.3) is 0 Å². The molecule has 0 aromatic carbocycles. The van der Waals surface area contributed by atoms with Crippen molar-refractivity contribution in [2.45, 2.75) is 70.3 Å². The fraction of sp³-hybridized carbons (Fsp3) is 0.857. The van der Waals surface area contributed by atoms with E-state index in [2.05, 4.69) is 12.8 Å². The Labute approximate surface area is 94.3 Å². The van der Waals surface area contributed by atoms with Crippen molar-refractivity contribution in [3.8, 4) is 12.3 Å². The van der Waals surface area contributed by atoms with E-state index in [-0.39, 0.29) is 0 Å². The molecule has 1 fully saturated rings. The average molecular weight is 208 g/mol. The molecule has 0 heterocycles. The molecule has 0 aromatic rings. The van der Waals surface area contributed by atoms with Crippen LogP contribution in [0, 0.1) is 18.3 Å². The molecule has 0 aliphatic heterocycles. The van der Waals surface area contributed by atoms with Gasteiger partial charge in [0.2, 0.25) is 0 Å². The predicted octanol–water partition coefficient (Wildman–Crippen LogP) is 3.51. The van der Waals surface area contributed by atoms with E-state index >= 15 is 0 Å². The number of hydrogen-bond donors (Lipinski definition) is 1. The maximum Gasteiger partial charge on any atom is 0.0657 e. The minimum Gasteiger partial charge on any atom is -0.390 e. The third-order valence-electron chi connectivity index (χ3n) is 3.70. The van der Waals surface area contributed by atoms with Crippen LogP contribution < -0.4 is 0 Å². The SMILES string of the molecule is C#CCCC1(O)CCCC(CCC)CC1. The quantitative estimate of drug-likeness (QED) is 0.553. The highest BCUT2D eigenvalue weighted by Crippen LogP contribution is 2.34. The van der Waals surface area contributed by atoms with Crippen LogP contribution in [0.5, 0.6) is 0 Å². The van der Waals surface area contributed by atoms with E-state index in [1.165, 1.54) is 32.1 Å². The summed E-state index contributed by atoms with van der Waals surface area (Å²) in [7, 11) is 0. The molecule has 2 atom stereocenters. The first-order valence-electron chi connectivity index (χ1n) is 6.36. The van der Waals surface area contributed by atoms with Crippen molar-refractivity contribution >= 4 is 0 Å². The first-order valence-corrected chi connectivity index (χ1v) is 6.36. The summed E-state index contributed by atoms with van der Waals surface area (Å²) in [5.74, 6) is 3.48. The first-order chi connectivity index (χ1) is 7.20. The lowest BCUT2D eigenvalue weighted by Gasteiger charge is -2.25. The Morgan fingerprint density at radius 2 is 2.20 bits per heavy atom. The van der Waals surface area contributed by atoms with Crippen molar-refractivity contribution in [3.63, 3.8) is 0 Å². The summed E-state index contributed by atoms with van der Waals surface area (Å²) < 4.78 is 0. The smallest absolute Gasteiger partial charge is 0.0657 e. The van der Waals surface area contributed by atoms with Gasteiger partial charge in [0.05, 0.1) is 5.60 Å². The summed E-state index contributed by atoms with van der Waals surface area (Å²) in [5, 5.41) is 10.4. The molecule has 15 heavy (non-hydrogen) atoms. The van der Waals surface area contributed by atoms with Crippen LogP contribution in [0.15, 0.2) is 0 Å². The van der Waals surface area contributed by atoms with Gasteiger partial charge in [-0.2, -0.15) is 0 Å². The van der Waals surface area contributed by atoms with Gasteiger partial charge in [-0.05, 0) is 31.6 Å². The monoisotopic (exact) mass is 208 g/mol. The highest BCUT2D eigenvalue weighted by Gasteiger charge is 2.29. The molecule has 1 aliphatic rings. The number of terminal acetylenes is 1. The maximum absolute atomic E-state index is 10.4. The lowest BCUT2D eigenvalue weighted by atomic mass is 9.88. The third kappa shape index (κ3) is 4.26. The molecule has 1 heteroatoms. The molecule has 0 spiro atoms. The average Bonchev–Trinajstić information content (AvgIpc) is 2.40. The van der Waals surface area contributed by atoms with Crippen molar-refractivity contribution in [1.29, 1.82) is 0 Å². The molecule has 2 unspecified atom stereocenters. The fourth-order valence-electron chi connectivity index (χ4n) is 2.71. The van der Waals surface area contributed by atoms with Crippen LogP contribution in [-0.2, 0) is 0 Å². The van der Waals surface area contributed by atoms with E-state index in [0.29, 0.717) is 0 Å². The zero-order valence-electron chi connectivity index (χ0n) is 9.97. The molecule has 0 saturated heterocycles. The Morgan fingerprint density at radius 1 is 1.40 bits per heavy atom. The lowest BCUT2D eigenvalue weighted by Crippen LogP contribution is -2.27. The van der Waals surface area contributed by atoms with Crippen LogP contribution in [0.3, 0.4) is 0 Å². The topological polar surface area (TPSA) is 20.2 Å². The normalized spacial score (nSPS) is 31.9. The van der Waals surface area contributed by atoms with E-state index < -0.39 is 5.60 Å². The standard InChI is InChI=1S/C14H24O/c1-3-5-10-14(15)11-6-8-13(7-4-2)9-12-14/h1,13,15H,4-12H2,2H3. The van der Waals surface area contributed by atoms with Gasteiger partial charge in [-0.1, -0.05) is 32.6 Å². The van der Waals surface area contributed by atoms with Gasteiger partial charge in [-0.3, -0.25) is 0 Å². The molecule has 0 radical (unpaired) electrons. The van der Waals surface area contributed by atoms with Gasteiger partial charge >= 0.3 is 0 Å². The summed E-state index contributed by atoms with van der Waals surface area (Å²) >= 11 is 0. The molecule has 1 aliphatic carbocycles.